The molecule has 0 radical (unpaired) electrons. The Morgan fingerprint density at radius 3 is 2.71 bits per heavy atom. The van der Waals surface area contributed by atoms with Gasteiger partial charge in [0.05, 0.1) is 24.5 Å². The van der Waals surface area contributed by atoms with Crippen LogP contribution in [-0.2, 0) is 9.53 Å². The van der Waals surface area contributed by atoms with Gasteiger partial charge in [-0.15, -0.1) is 11.3 Å². The van der Waals surface area contributed by atoms with Crippen molar-refractivity contribution in [3.8, 4) is 0 Å². The summed E-state index contributed by atoms with van der Waals surface area (Å²) in [7, 11) is 1.21. The Balaban J connectivity index is 2.80. The maximum absolute atomic E-state index is 11.0. The fourth-order valence-electron chi connectivity index (χ4n) is 1.41. The Morgan fingerprint density at radius 2 is 2.24 bits per heavy atom. The molecule has 1 aromatic heterocycles. The Bertz CT molecular complexity index is 412. The van der Waals surface area contributed by atoms with Gasteiger partial charge in [-0.3, -0.25) is 9.59 Å². The molecule has 6 heteroatoms. The summed E-state index contributed by atoms with van der Waals surface area (Å²) in [5.41, 5.74) is 0.716. The molecule has 0 aliphatic carbocycles. The molecule has 0 aliphatic heterocycles. The van der Waals surface area contributed by atoms with Crippen LogP contribution in [0.5, 0.6) is 0 Å². The summed E-state index contributed by atoms with van der Waals surface area (Å²) in [6.45, 7) is 1.73. The number of aldehydes is 1. The molecule has 0 aliphatic rings. The fraction of sp³-hybridized carbons (Fsp3) is 0.455. The smallest absolute Gasteiger partial charge is 0.308 e. The molecule has 1 aromatic rings. The molecule has 2 N–H and O–H groups in total. The van der Waals surface area contributed by atoms with Gasteiger partial charge < -0.3 is 14.9 Å². The number of aliphatic hydroxyl groups is 2. The maximum Gasteiger partial charge on any atom is 0.308 e. The molecule has 17 heavy (non-hydrogen) atoms. The SMILES string of the molecule is COC(=O)CC(O)C(O)c1sc(C=O)cc1C. The van der Waals surface area contributed by atoms with Gasteiger partial charge in [-0.05, 0) is 18.6 Å². The third-order valence-corrected chi connectivity index (χ3v) is 3.56. The van der Waals surface area contributed by atoms with Gasteiger partial charge in [-0.1, -0.05) is 0 Å². The van der Waals surface area contributed by atoms with Crippen LogP contribution in [0.4, 0.5) is 0 Å². The van der Waals surface area contributed by atoms with Crippen LogP contribution in [0, 0.1) is 6.92 Å². The van der Waals surface area contributed by atoms with Crippen molar-refractivity contribution in [2.45, 2.75) is 25.6 Å². The van der Waals surface area contributed by atoms with Crippen LogP contribution in [0.15, 0.2) is 6.07 Å². The Labute approximate surface area is 103 Å². The minimum atomic E-state index is -1.24. The van der Waals surface area contributed by atoms with E-state index in [1.54, 1.807) is 13.0 Å². The van der Waals surface area contributed by atoms with Crippen LogP contribution < -0.4 is 0 Å². The molecule has 0 amide bonds. The fourth-order valence-corrected chi connectivity index (χ4v) is 2.45. The molecule has 2 unspecified atom stereocenters. The normalized spacial score (nSPS) is 14.1. The highest BCUT2D eigenvalue weighted by Crippen LogP contribution is 2.30. The van der Waals surface area contributed by atoms with Gasteiger partial charge in [-0.2, -0.15) is 0 Å². The average Bonchev–Trinajstić information content (AvgIpc) is 2.69. The molecule has 2 atom stereocenters. The van der Waals surface area contributed by atoms with Gasteiger partial charge >= 0.3 is 5.97 Å². The van der Waals surface area contributed by atoms with E-state index < -0.39 is 18.2 Å². The van der Waals surface area contributed by atoms with Crippen molar-refractivity contribution in [2.24, 2.45) is 0 Å². The van der Waals surface area contributed by atoms with Gasteiger partial charge in [0, 0.05) is 4.88 Å². The highest BCUT2D eigenvalue weighted by molar-refractivity contribution is 7.13. The van der Waals surface area contributed by atoms with Crippen LogP contribution in [-0.4, -0.2) is 35.7 Å². The molecule has 0 fully saturated rings. The number of aliphatic hydroxyl groups excluding tert-OH is 2. The molecule has 1 rings (SSSR count). The van der Waals surface area contributed by atoms with Gasteiger partial charge in [0.15, 0.2) is 6.29 Å². The van der Waals surface area contributed by atoms with Crippen molar-refractivity contribution >= 4 is 23.6 Å². The lowest BCUT2D eigenvalue weighted by Gasteiger charge is -2.16. The van der Waals surface area contributed by atoms with E-state index in [1.807, 2.05) is 0 Å². The predicted octanol–water partition coefficient (Wildman–Crippen LogP) is 0.826. The van der Waals surface area contributed by atoms with Gasteiger partial charge in [0.25, 0.3) is 0 Å². The average molecular weight is 258 g/mol. The monoisotopic (exact) mass is 258 g/mol. The van der Waals surface area contributed by atoms with Crippen molar-refractivity contribution in [1.82, 2.24) is 0 Å². The zero-order valence-electron chi connectivity index (χ0n) is 9.54. The second-order valence-corrected chi connectivity index (χ2v) is 4.72. The minimum absolute atomic E-state index is 0.286. The second-order valence-electron chi connectivity index (χ2n) is 3.61. The van der Waals surface area contributed by atoms with E-state index in [0.29, 0.717) is 21.6 Å². The van der Waals surface area contributed by atoms with Gasteiger partial charge in [0.1, 0.15) is 6.10 Å². The lowest BCUT2D eigenvalue weighted by atomic mass is 10.1. The summed E-state index contributed by atoms with van der Waals surface area (Å²) in [5, 5.41) is 19.5. The van der Waals surface area contributed by atoms with E-state index in [-0.39, 0.29) is 6.42 Å². The molecular weight excluding hydrogens is 244 g/mol. The molecule has 0 saturated carbocycles. The zero-order valence-corrected chi connectivity index (χ0v) is 10.4. The van der Waals surface area contributed by atoms with Crippen LogP contribution in [0.25, 0.3) is 0 Å². The van der Waals surface area contributed by atoms with Crippen molar-refractivity contribution in [3.05, 3.63) is 21.4 Å². The van der Waals surface area contributed by atoms with E-state index >= 15 is 0 Å². The largest absolute Gasteiger partial charge is 0.469 e. The number of carbonyl (C=O) groups excluding carboxylic acids is 2. The number of thiophene rings is 1. The molecule has 0 bridgehead atoms. The summed E-state index contributed by atoms with van der Waals surface area (Å²) >= 11 is 1.10. The van der Waals surface area contributed by atoms with Crippen LogP contribution in [0.1, 0.15) is 32.6 Å². The van der Waals surface area contributed by atoms with E-state index in [9.17, 15) is 19.8 Å². The number of rotatable bonds is 5. The summed E-state index contributed by atoms with van der Waals surface area (Å²) in [5.74, 6) is -0.596. The lowest BCUT2D eigenvalue weighted by molar-refractivity contribution is -0.144. The number of carbonyl (C=O) groups is 2. The second kappa shape index (κ2) is 5.90. The molecular formula is C11H14O5S. The highest BCUT2D eigenvalue weighted by Gasteiger charge is 2.24. The quantitative estimate of drug-likeness (QED) is 0.603. The Morgan fingerprint density at radius 1 is 1.59 bits per heavy atom. The van der Waals surface area contributed by atoms with Crippen molar-refractivity contribution in [1.29, 1.82) is 0 Å². The van der Waals surface area contributed by atoms with E-state index in [1.165, 1.54) is 7.11 Å². The molecule has 1 heterocycles. The lowest BCUT2D eigenvalue weighted by Crippen LogP contribution is -2.22. The number of esters is 1. The Hall–Kier alpha value is -1.24. The third kappa shape index (κ3) is 3.36. The minimum Gasteiger partial charge on any atom is -0.469 e. The maximum atomic E-state index is 11.0. The number of hydrogen-bond acceptors (Lipinski definition) is 6. The summed E-state index contributed by atoms with van der Waals surface area (Å²) in [4.78, 5) is 22.5. The number of ether oxygens (including phenoxy) is 1. The first kappa shape index (κ1) is 13.8. The van der Waals surface area contributed by atoms with Crippen LogP contribution in [0.3, 0.4) is 0 Å². The van der Waals surface area contributed by atoms with E-state index in [0.717, 1.165) is 11.3 Å². The van der Waals surface area contributed by atoms with Crippen molar-refractivity contribution < 1.29 is 24.5 Å². The van der Waals surface area contributed by atoms with Crippen molar-refractivity contribution in [3.63, 3.8) is 0 Å². The number of hydrogen-bond donors (Lipinski definition) is 2. The zero-order chi connectivity index (χ0) is 13.0. The van der Waals surface area contributed by atoms with Crippen molar-refractivity contribution in [2.75, 3.05) is 7.11 Å². The summed E-state index contributed by atoms with van der Waals surface area (Å²) in [6, 6.07) is 1.63. The first-order chi connectivity index (χ1) is 7.99. The van der Waals surface area contributed by atoms with Crippen LogP contribution in [0.2, 0.25) is 0 Å². The molecule has 0 aromatic carbocycles. The molecule has 0 saturated heterocycles. The van der Waals surface area contributed by atoms with Crippen LogP contribution >= 0.6 is 11.3 Å². The number of methoxy groups -OCH3 is 1. The molecule has 5 nitrogen and oxygen atoms in total. The first-order valence-electron chi connectivity index (χ1n) is 4.98. The highest BCUT2D eigenvalue weighted by atomic mass is 32.1. The first-order valence-corrected chi connectivity index (χ1v) is 5.79. The molecule has 94 valence electrons. The number of aryl methyl sites for hydroxylation is 1. The molecule has 0 spiro atoms. The van der Waals surface area contributed by atoms with E-state index in [4.69, 9.17) is 0 Å². The Kier molecular flexibility index (Phi) is 4.80. The standard InChI is InChI=1S/C11H14O5S/c1-6-3-7(5-12)17-11(6)10(15)8(13)4-9(14)16-2/h3,5,8,10,13,15H,4H2,1-2H3. The topological polar surface area (TPSA) is 83.8 Å². The van der Waals surface area contributed by atoms with Gasteiger partial charge in [-0.25, -0.2) is 0 Å². The summed E-state index contributed by atoms with van der Waals surface area (Å²) < 4.78 is 4.40. The summed E-state index contributed by atoms with van der Waals surface area (Å²) in [6.07, 6.45) is -2.03. The predicted molar refractivity (Wildman–Crippen MR) is 62.0 cm³/mol. The van der Waals surface area contributed by atoms with E-state index in [2.05, 4.69) is 4.74 Å². The van der Waals surface area contributed by atoms with Gasteiger partial charge in [0.2, 0.25) is 0 Å². The third-order valence-electron chi connectivity index (χ3n) is 2.33.